The van der Waals surface area contributed by atoms with Gasteiger partial charge in [0.05, 0.1) is 16.6 Å². The fraction of sp³-hybridized carbons (Fsp3) is 0.0278. The van der Waals surface area contributed by atoms with Gasteiger partial charge < -0.3 is 18.9 Å². The highest BCUT2D eigenvalue weighted by Gasteiger charge is 2.22. The first-order valence-corrected chi connectivity index (χ1v) is 26.2. The Balaban J connectivity index is 0.866. The molecule has 0 radical (unpaired) electrons. The number of fused-ring (bicyclic) bond motifs is 16. The van der Waals surface area contributed by atoms with Crippen LogP contribution in [0.3, 0.4) is 0 Å². The molecule has 0 saturated carbocycles. The molecule has 0 aliphatic carbocycles. The Morgan fingerprint density at radius 3 is 1.34 bits per heavy atom. The molecule has 0 fully saturated rings. The van der Waals surface area contributed by atoms with Gasteiger partial charge in [-0.3, -0.25) is 0 Å². The van der Waals surface area contributed by atoms with Crippen molar-refractivity contribution in [2.75, 3.05) is 16.8 Å². The fourth-order valence-electron chi connectivity index (χ4n) is 12.5. The molecule has 0 amide bonds. The van der Waals surface area contributed by atoms with E-state index in [-0.39, 0.29) is 0 Å². The topological polar surface area (TPSA) is 16.3 Å². The standard InChI is InChI=1S/C72H50N4/c1-73(51-18-6-3-7-19-51)52-36-30-47(31-37-52)50-35-42-68-65(45-50)70-61-41-34-49(44-64(61)59-26-14-17-29-63(59)72(70)76(68)54-22-10-5-11-23-54)48-32-38-55(39-33-48)75(53-20-8-4-9-21-53)56-40-43-67-66(46-56)69-60-27-15-12-24-57(60)58-25-13-16-28-62(58)71(69)74(67)2/h3-46H,1-2H3. The van der Waals surface area contributed by atoms with Gasteiger partial charge in [-0.1, -0.05) is 170 Å². The summed E-state index contributed by atoms with van der Waals surface area (Å²) in [4.78, 5) is 4.62. The Hall–Kier alpha value is -9.90. The molecule has 4 heteroatoms. The second-order valence-corrected chi connectivity index (χ2v) is 20.2. The number of aryl methyl sites for hydroxylation is 1. The van der Waals surface area contributed by atoms with E-state index in [0.717, 1.165) is 34.1 Å². The van der Waals surface area contributed by atoms with Crippen LogP contribution in [-0.4, -0.2) is 16.2 Å². The van der Waals surface area contributed by atoms with Crippen molar-refractivity contribution in [3.8, 4) is 27.9 Å². The van der Waals surface area contributed by atoms with Crippen LogP contribution in [0.25, 0.3) is 115 Å². The molecule has 13 aromatic carbocycles. The quantitative estimate of drug-likeness (QED) is 0.141. The van der Waals surface area contributed by atoms with Crippen LogP contribution in [0.15, 0.2) is 267 Å². The van der Waals surface area contributed by atoms with Crippen LogP contribution in [0, 0.1) is 0 Å². The highest BCUT2D eigenvalue weighted by atomic mass is 15.1. The van der Waals surface area contributed by atoms with Gasteiger partial charge in [0.2, 0.25) is 0 Å². The van der Waals surface area contributed by atoms with Gasteiger partial charge in [0.1, 0.15) is 0 Å². The first kappa shape index (κ1) is 43.7. The number of hydrogen-bond acceptors (Lipinski definition) is 2. The van der Waals surface area contributed by atoms with E-state index in [9.17, 15) is 0 Å². The first-order chi connectivity index (χ1) is 37.6. The highest BCUT2D eigenvalue weighted by Crippen LogP contribution is 2.47. The summed E-state index contributed by atoms with van der Waals surface area (Å²) in [6, 6.07) is 98.0. The average Bonchev–Trinajstić information content (AvgIpc) is 4.09. The van der Waals surface area contributed by atoms with Crippen molar-refractivity contribution >= 4 is 115 Å². The molecule has 2 aromatic heterocycles. The Morgan fingerprint density at radius 2 is 0.684 bits per heavy atom. The summed E-state index contributed by atoms with van der Waals surface area (Å²) in [5.41, 5.74) is 16.4. The van der Waals surface area contributed by atoms with Gasteiger partial charge in [0.25, 0.3) is 0 Å². The predicted molar refractivity (Wildman–Crippen MR) is 325 cm³/mol. The van der Waals surface area contributed by atoms with Gasteiger partial charge in [-0.25, -0.2) is 0 Å². The lowest BCUT2D eigenvalue weighted by Gasteiger charge is -2.26. The first-order valence-electron chi connectivity index (χ1n) is 26.2. The number of nitrogens with zero attached hydrogens (tertiary/aromatic N) is 4. The lowest BCUT2D eigenvalue weighted by Crippen LogP contribution is -2.09. The molecule has 15 rings (SSSR count). The lowest BCUT2D eigenvalue weighted by atomic mass is 9.93. The summed E-state index contributed by atoms with van der Waals surface area (Å²) in [7, 11) is 4.34. The van der Waals surface area contributed by atoms with Crippen molar-refractivity contribution in [1.29, 1.82) is 0 Å². The minimum absolute atomic E-state index is 1.10. The number of benzene rings is 13. The van der Waals surface area contributed by atoms with Crippen molar-refractivity contribution in [3.63, 3.8) is 0 Å². The molecule has 0 unspecified atom stereocenters. The normalized spacial score (nSPS) is 11.8. The molecule has 0 aliphatic heterocycles. The van der Waals surface area contributed by atoms with E-state index in [2.05, 4.69) is 300 Å². The largest absolute Gasteiger partial charge is 0.345 e. The molecule has 0 N–H and O–H groups in total. The van der Waals surface area contributed by atoms with Crippen LogP contribution in [0.2, 0.25) is 0 Å². The van der Waals surface area contributed by atoms with Gasteiger partial charge in [0.15, 0.2) is 0 Å². The summed E-state index contributed by atoms with van der Waals surface area (Å²) in [5.74, 6) is 0. The van der Waals surface area contributed by atoms with Crippen molar-refractivity contribution in [2.45, 2.75) is 0 Å². The van der Waals surface area contributed by atoms with Crippen LogP contribution in [0.5, 0.6) is 0 Å². The van der Waals surface area contributed by atoms with Crippen LogP contribution in [-0.2, 0) is 7.05 Å². The number of aromatic nitrogens is 2. The summed E-state index contributed by atoms with van der Waals surface area (Å²) >= 11 is 0. The van der Waals surface area contributed by atoms with Crippen LogP contribution >= 0.6 is 0 Å². The second kappa shape index (κ2) is 17.4. The smallest absolute Gasteiger partial charge is 0.0625 e. The predicted octanol–water partition coefficient (Wildman–Crippen LogP) is 19.6. The highest BCUT2D eigenvalue weighted by molar-refractivity contribution is 6.33. The molecule has 0 spiro atoms. The second-order valence-electron chi connectivity index (χ2n) is 20.2. The monoisotopic (exact) mass is 970 g/mol. The third-order valence-electron chi connectivity index (χ3n) is 16.1. The summed E-state index contributed by atoms with van der Waals surface area (Å²) in [6.45, 7) is 0. The maximum absolute atomic E-state index is 2.47. The molecule has 0 saturated heterocycles. The molecule has 4 nitrogen and oxygen atoms in total. The molecule has 0 atom stereocenters. The minimum atomic E-state index is 1.10. The molecule has 358 valence electrons. The number of anilines is 5. The van der Waals surface area contributed by atoms with E-state index in [1.54, 1.807) is 0 Å². The Kier molecular flexibility index (Phi) is 9.98. The lowest BCUT2D eigenvalue weighted by molar-refractivity contribution is 1.02. The average molecular weight is 971 g/mol. The van der Waals surface area contributed by atoms with Crippen molar-refractivity contribution in [1.82, 2.24) is 9.13 Å². The number of para-hydroxylation sites is 3. The zero-order valence-electron chi connectivity index (χ0n) is 42.2. The zero-order valence-corrected chi connectivity index (χ0v) is 42.2. The summed E-state index contributed by atoms with van der Waals surface area (Å²) < 4.78 is 4.86. The van der Waals surface area contributed by atoms with Crippen LogP contribution in [0.1, 0.15) is 0 Å². The Morgan fingerprint density at radius 1 is 0.276 bits per heavy atom. The maximum atomic E-state index is 2.47. The minimum Gasteiger partial charge on any atom is -0.345 e. The zero-order chi connectivity index (χ0) is 50.4. The molecular weight excluding hydrogens is 921 g/mol. The summed E-state index contributed by atoms with van der Waals surface area (Å²) in [6.07, 6.45) is 0. The van der Waals surface area contributed by atoms with Gasteiger partial charge in [-0.05, 0) is 152 Å². The van der Waals surface area contributed by atoms with E-state index in [4.69, 9.17) is 0 Å². The third kappa shape index (κ3) is 6.77. The molecule has 0 aliphatic rings. The van der Waals surface area contributed by atoms with E-state index >= 15 is 0 Å². The molecular formula is C72H50N4. The SMILES string of the molecule is CN(c1ccccc1)c1ccc(-c2ccc3c(c2)c2c4ccc(-c5ccc(N(c6ccccc6)c6ccc7c(c6)c6c8ccccc8c8ccccc8c6n7C)cc5)cc4c4ccccc4c2n3-c2ccccc2)cc1. The van der Waals surface area contributed by atoms with Crippen molar-refractivity contribution in [3.05, 3.63) is 267 Å². The van der Waals surface area contributed by atoms with Gasteiger partial charge >= 0.3 is 0 Å². The van der Waals surface area contributed by atoms with Gasteiger partial charge in [0, 0.05) is 86.1 Å². The Bertz CT molecular complexity index is 4750. The van der Waals surface area contributed by atoms with Crippen molar-refractivity contribution in [2.24, 2.45) is 7.05 Å². The van der Waals surface area contributed by atoms with Crippen LogP contribution < -0.4 is 9.80 Å². The fourth-order valence-corrected chi connectivity index (χ4v) is 12.5. The molecule has 0 bridgehead atoms. The Labute approximate surface area is 440 Å². The number of rotatable bonds is 8. The maximum Gasteiger partial charge on any atom is 0.0625 e. The summed E-state index contributed by atoms with van der Waals surface area (Å²) in [5, 5.41) is 15.1. The van der Waals surface area contributed by atoms with E-state index in [1.807, 2.05) is 0 Å². The molecule has 15 aromatic rings. The van der Waals surface area contributed by atoms with Crippen molar-refractivity contribution < 1.29 is 0 Å². The van der Waals surface area contributed by atoms with Gasteiger partial charge in [-0.2, -0.15) is 0 Å². The van der Waals surface area contributed by atoms with E-state index < -0.39 is 0 Å². The number of hydrogen-bond donors (Lipinski definition) is 0. The van der Waals surface area contributed by atoms with Crippen LogP contribution in [0.4, 0.5) is 28.4 Å². The van der Waals surface area contributed by atoms with E-state index in [0.29, 0.717) is 0 Å². The molecule has 76 heavy (non-hydrogen) atoms. The third-order valence-corrected chi connectivity index (χ3v) is 16.1. The van der Waals surface area contributed by atoms with E-state index in [1.165, 1.54) is 109 Å². The molecule has 2 heterocycles. The van der Waals surface area contributed by atoms with Gasteiger partial charge in [-0.15, -0.1) is 0 Å².